The Kier molecular flexibility index (Phi) is 6.22. The maximum Gasteiger partial charge on any atom is 0.138 e. The Hall–Kier alpha value is -0.900. The van der Waals surface area contributed by atoms with Gasteiger partial charge in [0.05, 0.1) is 0 Å². The number of aryl methyl sites for hydroxylation is 1. The van der Waals surface area contributed by atoms with E-state index in [4.69, 9.17) is 0 Å². The van der Waals surface area contributed by atoms with Crippen molar-refractivity contribution in [3.63, 3.8) is 0 Å². The second-order valence-corrected chi connectivity index (χ2v) is 6.84. The molecule has 1 aliphatic carbocycles. The minimum atomic E-state index is 0.750. The lowest BCUT2D eigenvalue weighted by atomic mass is 9.69. The topological polar surface area (TPSA) is 42.7 Å². The molecule has 4 nitrogen and oxygen atoms in total. The van der Waals surface area contributed by atoms with Gasteiger partial charge < -0.3 is 5.32 Å². The van der Waals surface area contributed by atoms with E-state index in [1.807, 2.05) is 0 Å². The zero-order chi connectivity index (χ0) is 15.2. The normalized spacial score (nSPS) is 26.4. The average molecular weight is 292 g/mol. The van der Waals surface area contributed by atoms with Gasteiger partial charge in [0, 0.05) is 13.0 Å². The van der Waals surface area contributed by atoms with Gasteiger partial charge in [-0.05, 0) is 62.9 Å². The van der Waals surface area contributed by atoms with Crippen LogP contribution >= 0.6 is 0 Å². The highest BCUT2D eigenvalue weighted by Crippen LogP contribution is 2.38. The first kappa shape index (κ1) is 16.5. The molecule has 0 bridgehead atoms. The lowest BCUT2D eigenvalue weighted by Crippen LogP contribution is -2.35. The number of nitrogens with one attached hydrogen (secondary N) is 1. The van der Waals surface area contributed by atoms with Crippen LogP contribution in [-0.2, 0) is 13.0 Å². The van der Waals surface area contributed by atoms with Crippen molar-refractivity contribution in [1.82, 2.24) is 20.1 Å². The highest BCUT2D eigenvalue weighted by atomic mass is 15.3. The van der Waals surface area contributed by atoms with Crippen LogP contribution in [0.5, 0.6) is 0 Å². The van der Waals surface area contributed by atoms with Crippen LogP contribution < -0.4 is 5.32 Å². The van der Waals surface area contributed by atoms with Crippen LogP contribution in [0.25, 0.3) is 0 Å². The van der Waals surface area contributed by atoms with Gasteiger partial charge in [0.15, 0.2) is 0 Å². The molecule has 0 aromatic carbocycles. The van der Waals surface area contributed by atoms with E-state index in [1.165, 1.54) is 25.1 Å². The quantitative estimate of drug-likeness (QED) is 0.839. The minimum Gasteiger partial charge on any atom is -0.317 e. The van der Waals surface area contributed by atoms with Gasteiger partial charge in [-0.1, -0.05) is 20.8 Å². The van der Waals surface area contributed by atoms with Crippen molar-refractivity contribution in [3.05, 3.63) is 12.2 Å². The van der Waals surface area contributed by atoms with Crippen LogP contribution in [0.2, 0.25) is 0 Å². The Morgan fingerprint density at radius 3 is 2.76 bits per heavy atom. The molecule has 1 fully saturated rings. The molecule has 1 saturated carbocycles. The molecule has 0 aliphatic heterocycles. The first-order valence-electron chi connectivity index (χ1n) is 8.73. The lowest BCUT2D eigenvalue weighted by Gasteiger charge is -2.38. The van der Waals surface area contributed by atoms with E-state index in [0.717, 1.165) is 49.7 Å². The second kappa shape index (κ2) is 7.92. The molecule has 4 heteroatoms. The van der Waals surface area contributed by atoms with Crippen molar-refractivity contribution in [2.24, 2.45) is 23.7 Å². The first-order chi connectivity index (χ1) is 10.2. The molecule has 0 saturated heterocycles. The Morgan fingerprint density at radius 1 is 1.29 bits per heavy atom. The van der Waals surface area contributed by atoms with Gasteiger partial charge >= 0.3 is 0 Å². The van der Waals surface area contributed by atoms with Gasteiger partial charge in [-0.2, -0.15) is 5.10 Å². The molecule has 1 aromatic heterocycles. The molecule has 1 aliphatic rings. The van der Waals surface area contributed by atoms with Gasteiger partial charge in [-0.25, -0.2) is 4.98 Å². The van der Waals surface area contributed by atoms with Crippen molar-refractivity contribution in [2.45, 2.75) is 59.9 Å². The maximum atomic E-state index is 4.50. The highest BCUT2D eigenvalue weighted by Gasteiger charge is 2.32. The fourth-order valence-corrected chi connectivity index (χ4v) is 3.76. The Labute approximate surface area is 129 Å². The van der Waals surface area contributed by atoms with Crippen LogP contribution in [0.3, 0.4) is 0 Å². The molecule has 1 aromatic rings. The van der Waals surface area contributed by atoms with Crippen LogP contribution in [0, 0.1) is 23.7 Å². The molecule has 0 radical (unpaired) electrons. The van der Waals surface area contributed by atoms with E-state index < -0.39 is 0 Å². The summed E-state index contributed by atoms with van der Waals surface area (Å²) >= 11 is 0. The molecule has 3 unspecified atom stereocenters. The van der Waals surface area contributed by atoms with Crippen LogP contribution in [0.4, 0.5) is 0 Å². The molecule has 2 rings (SSSR count). The zero-order valence-electron chi connectivity index (χ0n) is 14.2. The summed E-state index contributed by atoms with van der Waals surface area (Å²) in [5.74, 6) is 4.40. The fourth-order valence-electron chi connectivity index (χ4n) is 3.76. The first-order valence-corrected chi connectivity index (χ1v) is 8.73. The summed E-state index contributed by atoms with van der Waals surface area (Å²) in [5, 5.41) is 7.89. The summed E-state index contributed by atoms with van der Waals surface area (Å²) in [5.41, 5.74) is 0. The standard InChI is InChI=1S/C17H32N4/c1-5-18-11-15-8-7-14(13(3)4)9-16(15)10-17-19-12-20-21(17)6-2/h12-16,18H,5-11H2,1-4H3. The SMILES string of the molecule is CCNCC1CCC(C(C)C)CC1Cc1ncnn1CC. The third-order valence-electron chi connectivity index (χ3n) is 5.22. The van der Waals surface area contributed by atoms with Crippen LogP contribution in [-0.4, -0.2) is 27.9 Å². The minimum absolute atomic E-state index is 0.750. The van der Waals surface area contributed by atoms with Crippen molar-refractivity contribution in [3.8, 4) is 0 Å². The zero-order valence-corrected chi connectivity index (χ0v) is 14.2. The molecular weight excluding hydrogens is 260 g/mol. The van der Waals surface area contributed by atoms with E-state index in [0.29, 0.717) is 0 Å². The maximum absolute atomic E-state index is 4.50. The number of aromatic nitrogens is 3. The van der Waals surface area contributed by atoms with Gasteiger partial charge in [0.2, 0.25) is 0 Å². The Bertz CT molecular complexity index is 413. The van der Waals surface area contributed by atoms with Gasteiger partial charge in [0.1, 0.15) is 12.2 Å². The monoisotopic (exact) mass is 292 g/mol. The Balaban J connectivity index is 2.05. The third-order valence-corrected chi connectivity index (χ3v) is 5.22. The van der Waals surface area contributed by atoms with E-state index in [2.05, 4.69) is 47.8 Å². The highest BCUT2D eigenvalue weighted by molar-refractivity contribution is 4.92. The van der Waals surface area contributed by atoms with Crippen molar-refractivity contribution in [1.29, 1.82) is 0 Å². The van der Waals surface area contributed by atoms with Crippen molar-refractivity contribution >= 4 is 0 Å². The molecule has 21 heavy (non-hydrogen) atoms. The van der Waals surface area contributed by atoms with Crippen molar-refractivity contribution in [2.75, 3.05) is 13.1 Å². The summed E-state index contributed by atoms with van der Waals surface area (Å²) in [4.78, 5) is 4.50. The van der Waals surface area contributed by atoms with Crippen molar-refractivity contribution < 1.29 is 0 Å². The van der Waals surface area contributed by atoms with Crippen LogP contribution in [0.15, 0.2) is 6.33 Å². The summed E-state index contributed by atoms with van der Waals surface area (Å²) in [6.45, 7) is 12.2. The molecule has 1 heterocycles. The van der Waals surface area contributed by atoms with E-state index >= 15 is 0 Å². The number of hydrogen-bond acceptors (Lipinski definition) is 3. The molecule has 120 valence electrons. The molecule has 0 spiro atoms. The van der Waals surface area contributed by atoms with Gasteiger partial charge in [-0.3, -0.25) is 4.68 Å². The predicted molar refractivity (Wildman–Crippen MR) is 87.1 cm³/mol. The van der Waals surface area contributed by atoms with E-state index in [1.54, 1.807) is 6.33 Å². The van der Waals surface area contributed by atoms with E-state index in [9.17, 15) is 0 Å². The van der Waals surface area contributed by atoms with Gasteiger partial charge in [-0.15, -0.1) is 0 Å². The number of hydrogen-bond donors (Lipinski definition) is 1. The molecule has 0 amide bonds. The van der Waals surface area contributed by atoms with Gasteiger partial charge in [0.25, 0.3) is 0 Å². The predicted octanol–water partition coefficient (Wildman–Crippen LogP) is 3.14. The second-order valence-electron chi connectivity index (χ2n) is 6.84. The largest absolute Gasteiger partial charge is 0.317 e. The summed E-state index contributed by atoms with van der Waals surface area (Å²) in [6.07, 6.45) is 6.91. The smallest absolute Gasteiger partial charge is 0.138 e. The lowest BCUT2D eigenvalue weighted by molar-refractivity contribution is 0.142. The Morgan fingerprint density at radius 2 is 2.10 bits per heavy atom. The number of rotatable bonds is 7. The summed E-state index contributed by atoms with van der Waals surface area (Å²) < 4.78 is 2.06. The summed E-state index contributed by atoms with van der Waals surface area (Å²) in [7, 11) is 0. The molecular formula is C17H32N4. The third kappa shape index (κ3) is 4.29. The van der Waals surface area contributed by atoms with Crippen LogP contribution in [0.1, 0.15) is 52.8 Å². The molecule has 3 atom stereocenters. The molecule has 1 N–H and O–H groups in total. The average Bonchev–Trinajstić information content (AvgIpc) is 2.93. The number of nitrogens with zero attached hydrogens (tertiary/aromatic N) is 3. The van der Waals surface area contributed by atoms with E-state index in [-0.39, 0.29) is 0 Å². The fraction of sp³-hybridized carbons (Fsp3) is 0.882. The summed E-state index contributed by atoms with van der Waals surface area (Å²) in [6, 6.07) is 0.